The molecule has 0 saturated carbocycles. The van der Waals surface area contributed by atoms with E-state index in [0.717, 1.165) is 17.4 Å². The van der Waals surface area contributed by atoms with Crippen LogP contribution in [-0.4, -0.2) is 15.9 Å². The van der Waals surface area contributed by atoms with Gasteiger partial charge in [-0.1, -0.05) is 29.5 Å². The molecular weight excluding hydrogens is 442 g/mol. The van der Waals surface area contributed by atoms with Gasteiger partial charge in [0.1, 0.15) is 11.3 Å². The number of carbonyl (C=O) groups excluding carboxylic acids is 1. The molecule has 0 radical (unpaired) electrons. The quantitative estimate of drug-likeness (QED) is 0.257. The summed E-state index contributed by atoms with van der Waals surface area (Å²) in [5.41, 5.74) is 1.49. The van der Waals surface area contributed by atoms with Gasteiger partial charge in [-0.3, -0.25) is 10.1 Å². The topological polar surface area (TPSA) is 54.9 Å². The van der Waals surface area contributed by atoms with Crippen molar-refractivity contribution in [3.8, 4) is 11.3 Å². The minimum atomic E-state index is -1.62. The van der Waals surface area contributed by atoms with E-state index in [9.17, 15) is 22.4 Å². The molecule has 1 N–H and O–H groups in total. The van der Waals surface area contributed by atoms with Crippen LogP contribution in [0.5, 0.6) is 0 Å². The van der Waals surface area contributed by atoms with Crippen molar-refractivity contribution in [3.05, 3.63) is 89.5 Å². The van der Waals surface area contributed by atoms with Gasteiger partial charge in [-0.05, 0) is 42.5 Å². The molecule has 0 spiro atoms. The Morgan fingerprint density at radius 2 is 1.62 bits per heavy atom. The van der Waals surface area contributed by atoms with E-state index in [1.165, 1.54) is 12.1 Å². The Kier molecular flexibility index (Phi) is 4.82. The Morgan fingerprint density at radius 1 is 0.875 bits per heavy atom. The van der Waals surface area contributed by atoms with Crippen molar-refractivity contribution in [2.75, 3.05) is 5.32 Å². The zero-order chi connectivity index (χ0) is 22.4. The molecule has 0 saturated heterocycles. The number of thiazole rings is 1. The lowest BCUT2D eigenvalue weighted by atomic mass is 10.0. The van der Waals surface area contributed by atoms with Crippen molar-refractivity contribution in [3.63, 3.8) is 0 Å². The van der Waals surface area contributed by atoms with Gasteiger partial charge in [-0.25, -0.2) is 27.5 Å². The predicted octanol–water partition coefficient (Wildman–Crippen LogP) is 6.32. The Hall–Kier alpha value is -3.85. The van der Waals surface area contributed by atoms with Gasteiger partial charge in [0.2, 0.25) is 0 Å². The Balaban J connectivity index is 1.58. The minimum absolute atomic E-state index is 0.0156. The first-order valence-corrected chi connectivity index (χ1v) is 10.1. The molecule has 0 fully saturated rings. The number of benzene rings is 3. The maximum atomic E-state index is 14.0. The minimum Gasteiger partial charge on any atom is -0.298 e. The largest absolute Gasteiger partial charge is 0.298 e. The number of hydrogen-bond donors (Lipinski definition) is 1. The van der Waals surface area contributed by atoms with Crippen LogP contribution in [0.15, 0.2) is 60.7 Å². The number of nitrogens with one attached hydrogen (secondary N) is 1. The molecule has 0 aliphatic heterocycles. The number of pyridine rings is 1. The summed E-state index contributed by atoms with van der Waals surface area (Å²) in [6.07, 6.45) is 0. The normalized spacial score (nSPS) is 11.2. The van der Waals surface area contributed by atoms with Crippen LogP contribution in [0.4, 0.5) is 22.7 Å². The smallest absolute Gasteiger partial charge is 0.258 e. The number of hydrogen-bond acceptors (Lipinski definition) is 4. The van der Waals surface area contributed by atoms with E-state index in [1.54, 1.807) is 42.5 Å². The fourth-order valence-corrected chi connectivity index (χ4v) is 4.21. The molecule has 32 heavy (non-hydrogen) atoms. The second-order valence-corrected chi connectivity index (χ2v) is 7.92. The summed E-state index contributed by atoms with van der Waals surface area (Å²) in [6.45, 7) is 0. The van der Waals surface area contributed by atoms with Crippen molar-refractivity contribution in [1.82, 2.24) is 9.97 Å². The third-order valence-electron chi connectivity index (χ3n) is 4.84. The van der Waals surface area contributed by atoms with Gasteiger partial charge in [0.05, 0.1) is 21.5 Å². The van der Waals surface area contributed by atoms with Crippen LogP contribution in [0.3, 0.4) is 0 Å². The van der Waals surface area contributed by atoms with Gasteiger partial charge >= 0.3 is 0 Å². The predicted molar refractivity (Wildman–Crippen MR) is 115 cm³/mol. The van der Waals surface area contributed by atoms with E-state index < -0.39 is 29.2 Å². The standard InChI is InChI=1S/C23H11F4N3OS/c24-12-7-5-11(6-8-12)17-9-14(13-3-1-2-4-16(13)28-17)22(31)30-23-29-21-18(32-23)10-15(25)19(26)20(21)27/h1-10H,(H,29,30,31). The van der Waals surface area contributed by atoms with Crippen molar-refractivity contribution in [2.45, 2.75) is 0 Å². The van der Waals surface area contributed by atoms with Crippen molar-refractivity contribution in [1.29, 1.82) is 0 Å². The van der Waals surface area contributed by atoms with Crippen molar-refractivity contribution >= 4 is 43.5 Å². The Bertz CT molecular complexity index is 1520. The molecule has 9 heteroatoms. The van der Waals surface area contributed by atoms with Gasteiger partial charge in [0, 0.05) is 10.9 Å². The third kappa shape index (κ3) is 3.46. The molecule has 0 unspecified atom stereocenters. The van der Waals surface area contributed by atoms with E-state index in [-0.39, 0.29) is 20.9 Å². The highest BCUT2D eigenvalue weighted by Crippen LogP contribution is 2.31. The molecule has 5 aromatic rings. The van der Waals surface area contributed by atoms with Crippen LogP contribution >= 0.6 is 11.3 Å². The number of anilines is 1. The molecule has 4 nitrogen and oxygen atoms in total. The van der Waals surface area contributed by atoms with E-state index in [0.29, 0.717) is 22.2 Å². The lowest BCUT2D eigenvalue weighted by Crippen LogP contribution is -2.13. The lowest BCUT2D eigenvalue weighted by molar-refractivity contribution is 0.102. The first-order valence-electron chi connectivity index (χ1n) is 9.32. The molecule has 2 aromatic heterocycles. The second-order valence-electron chi connectivity index (χ2n) is 6.89. The summed E-state index contributed by atoms with van der Waals surface area (Å²) in [4.78, 5) is 21.5. The van der Waals surface area contributed by atoms with E-state index in [1.807, 2.05) is 0 Å². The SMILES string of the molecule is O=C(Nc1nc2c(F)c(F)c(F)cc2s1)c1cc(-c2ccc(F)cc2)nc2ccccc12. The van der Waals surface area contributed by atoms with Crippen molar-refractivity contribution in [2.24, 2.45) is 0 Å². The van der Waals surface area contributed by atoms with E-state index in [2.05, 4.69) is 15.3 Å². The zero-order valence-electron chi connectivity index (χ0n) is 16.0. The lowest BCUT2D eigenvalue weighted by Gasteiger charge is -2.09. The maximum Gasteiger partial charge on any atom is 0.258 e. The number of halogens is 4. The van der Waals surface area contributed by atoms with Crippen LogP contribution in [0.2, 0.25) is 0 Å². The molecule has 0 aliphatic rings. The molecule has 0 atom stereocenters. The number of rotatable bonds is 3. The second kappa shape index (κ2) is 7.69. The van der Waals surface area contributed by atoms with Crippen LogP contribution in [0.1, 0.15) is 10.4 Å². The van der Waals surface area contributed by atoms with Gasteiger partial charge in [0.25, 0.3) is 5.91 Å². The number of fused-ring (bicyclic) bond motifs is 2. The van der Waals surface area contributed by atoms with Crippen molar-refractivity contribution < 1.29 is 22.4 Å². The van der Waals surface area contributed by atoms with Crippen LogP contribution in [0, 0.1) is 23.3 Å². The van der Waals surface area contributed by atoms with Gasteiger partial charge in [0.15, 0.2) is 22.6 Å². The average Bonchev–Trinajstić information content (AvgIpc) is 3.19. The first-order chi connectivity index (χ1) is 15.4. The zero-order valence-corrected chi connectivity index (χ0v) is 16.8. The van der Waals surface area contributed by atoms with E-state index >= 15 is 0 Å². The summed E-state index contributed by atoms with van der Waals surface area (Å²) in [7, 11) is 0. The van der Waals surface area contributed by atoms with Crippen LogP contribution in [0.25, 0.3) is 32.4 Å². The number of amides is 1. The highest BCUT2D eigenvalue weighted by molar-refractivity contribution is 7.22. The monoisotopic (exact) mass is 453 g/mol. The van der Waals surface area contributed by atoms with Gasteiger partial charge in [-0.2, -0.15) is 0 Å². The average molecular weight is 453 g/mol. The molecule has 158 valence electrons. The fourth-order valence-electron chi connectivity index (χ4n) is 3.32. The molecule has 1 amide bonds. The summed E-state index contributed by atoms with van der Waals surface area (Å²) >= 11 is 0.818. The van der Waals surface area contributed by atoms with Crippen LogP contribution in [-0.2, 0) is 0 Å². The number of carbonyl (C=O) groups is 1. The summed E-state index contributed by atoms with van der Waals surface area (Å²) in [5, 5.41) is 3.10. The highest BCUT2D eigenvalue weighted by Gasteiger charge is 2.20. The molecule has 5 rings (SSSR count). The summed E-state index contributed by atoms with van der Waals surface area (Å²) < 4.78 is 54.4. The number of aromatic nitrogens is 2. The van der Waals surface area contributed by atoms with Gasteiger partial charge < -0.3 is 0 Å². The Morgan fingerprint density at radius 3 is 2.41 bits per heavy atom. The first kappa shape index (κ1) is 20.1. The van der Waals surface area contributed by atoms with Crippen LogP contribution < -0.4 is 5.32 Å². The number of nitrogens with zero attached hydrogens (tertiary/aromatic N) is 2. The van der Waals surface area contributed by atoms with Gasteiger partial charge in [-0.15, -0.1) is 0 Å². The maximum absolute atomic E-state index is 14.0. The molecule has 0 bridgehead atoms. The summed E-state index contributed by atoms with van der Waals surface area (Å²) in [6, 6.07) is 15.0. The third-order valence-corrected chi connectivity index (χ3v) is 5.76. The van der Waals surface area contributed by atoms with E-state index in [4.69, 9.17) is 0 Å². The summed E-state index contributed by atoms with van der Waals surface area (Å²) in [5.74, 6) is -5.33. The molecule has 0 aliphatic carbocycles. The fraction of sp³-hybridized carbons (Fsp3) is 0. The molecule has 2 heterocycles. The molecular formula is C23H11F4N3OS. The highest BCUT2D eigenvalue weighted by atomic mass is 32.1. The number of para-hydroxylation sites is 1. The molecule has 3 aromatic carbocycles. The Labute approximate surface area is 182 Å².